The highest BCUT2D eigenvalue weighted by molar-refractivity contribution is 6.05. The number of hydrogen-bond donors (Lipinski definition) is 2. The van der Waals surface area contributed by atoms with Crippen LogP contribution in [0, 0.1) is 0 Å². The first kappa shape index (κ1) is 18.3. The van der Waals surface area contributed by atoms with E-state index in [9.17, 15) is 19.2 Å². The zero-order valence-electron chi connectivity index (χ0n) is 14.9. The zero-order chi connectivity index (χ0) is 19.6. The van der Waals surface area contributed by atoms with Gasteiger partial charge in [-0.15, -0.1) is 0 Å². The molecule has 2 amide bonds. The van der Waals surface area contributed by atoms with Crippen molar-refractivity contribution in [3.8, 4) is 0 Å². The predicted octanol–water partition coefficient (Wildman–Crippen LogP) is 2.74. The molecular formula is C20H18N2O5. The molecule has 0 fully saturated rings. The molecule has 1 aliphatic rings. The average molecular weight is 366 g/mol. The average Bonchev–Trinajstić information content (AvgIpc) is 2.93. The lowest BCUT2D eigenvalue weighted by Gasteiger charge is -2.07. The molecule has 1 heterocycles. The van der Waals surface area contributed by atoms with Crippen LogP contribution in [0.1, 0.15) is 46.0 Å². The summed E-state index contributed by atoms with van der Waals surface area (Å²) >= 11 is 0. The summed E-state index contributed by atoms with van der Waals surface area (Å²) in [6, 6.07) is 11.1. The smallest absolute Gasteiger partial charge is 0.338 e. The van der Waals surface area contributed by atoms with Crippen molar-refractivity contribution in [1.82, 2.24) is 0 Å². The number of carbonyl (C=O) groups is 4. The van der Waals surface area contributed by atoms with Crippen LogP contribution in [0.4, 0.5) is 11.4 Å². The maximum atomic E-state index is 12.3. The van der Waals surface area contributed by atoms with E-state index in [2.05, 4.69) is 10.6 Å². The fourth-order valence-corrected chi connectivity index (χ4v) is 2.78. The van der Waals surface area contributed by atoms with Gasteiger partial charge in [0.25, 0.3) is 0 Å². The van der Waals surface area contributed by atoms with Crippen molar-refractivity contribution < 1.29 is 23.9 Å². The second-order valence-corrected chi connectivity index (χ2v) is 6.27. The van der Waals surface area contributed by atoms with Gasteiger partial charge >= 0.3 is 5.97 Å². The fraction of sp³-hybridized carbons (Fsp3) is 0.200. The van der Waals surface area contributed by atoms with E-state index < -0.39 is 12.6 Å². The monoisotopic (exact) mass is 366 g/mol. The third-order valence-electron chi connectivity index (χ3n) is 4.27. The third-order valence-corrected chi connectivity index (χ3v) is 4.27. The molecule has 0 bridgehead atoms. The summed E-state index contributed by atoms with van der Waals surface area (Å²) in [6.45, 7) is 2.75. The second-order valence-electron chi connectivity index (χ2n) is 6.27. The molecular weight excluding hydrogens is 348 g/mol. The Labute approximate surface area is 155 Å². The first-order valence-electron chi connectivity index (χ1n) is 8.38. The number of hydrogen-bond acceptors (Lipinski definition) is 5. The van der Waals surface area contributed by atoms with Gasteiger partial charge in [-0.25, -0.2) is 4.79 Å². The van der Waals surface area contributed by atoms with E-state index in [4.69, 9.17) is 4.74 Å². The Balaban J connectivity index is 1.61. The number of ether oxygens (including phenoxy) is 1. The minimum atomic E-state index is -0.635. The number of fused-ring (bicyclic) bond motifs is 1. The largest absolute Gasteiger partial charge is 0.454 e. The summed E-state index contributed by atoms with van der Waals surface area (Å²) in [6.07, 6.45) is 0. The Kier molecular flexibility index (Phi) is 5.03. The summed E-state index contributed by atoms with van der Waals surface area (Å²) in [5, 5.41) is 5.33. The topological polar surface area (TPSA) is 102 Å². The Morgan fingerprint density at radius 3 is 2.41 bits per heavy atom. The van der Waals surface area contributed by atoms with Gasteiger partial charge in [0.2, 0.25) is 11.8 Å². The van der Waals surface area contributed by atoms with Crippen LogP contribution < -0.4 is 10.6 Å². The number of nitrogens with one attached hydrogen (secondary N) is 2. The number of Topliss-reactive ketones (excluding diaryl/α,β-unsaturated/α-hetero) is 1. The van der Waals surface area contributed by atoms with Gasteiger partial charge in [0, 0.05) is 23.9 Å². The van der Waals surface area contributed by atoms with Crippen LogP contribution in [0.25, 0.3) is 0 Å². The first-order valence-corrected chi connectivity index (χ1v) is 8.38. The van der Waals surface area contributed by atoms with Gasteiger partial charge in [-0.2, -0.15) is 0 Å². The molecule has 2 aromatic rings. The van der Waals surface area contributed by atoms with E-state index in [-0.39, 0.29) is 29.1 Å². The van der Waals surface area contributed by atoms with Crippen LogP contribution in [0.15, 0.2) is 42.5 Å². The number of benzene rings is 2. The van der Waals surface area contributed by atoms with Crippen LogP contribution in [-0.2, 0) is 14.3 Å². The van der Waals surface area contributed by atoms with Gasteiger partial charge in [-0.3, -0.25) is 14.4 Å². The number of esters is 1. The Morgan fingerprint density at radius 2 is 1.74 bits per heavy atom. The Bertz CT molecular complexity index is 934. The molecule has 0 saturated carbocycles. The van der Waals surface area contributed by atoms with Crippen molar-refractivity contribution in [3.05, 3.63) is 59.2 Å². The van der Waals surface area contributed by atoms with Gasteiger partial charge in [-0.1, -0.05) is 0 Å². The molecule has 1 aliphatic heterocycles. The number of carbonyl (C=O) groups excluding carboxylic acids is 4. The molecule has 7 heteroatoms. The zero-order valence-corrected chi connectivity index (χ0v) is 14.9. The maximum absolute atomic E-state index is 12.3. The standard InChI is InChI=1S/C20H18N2O5/c1-11-16-9-14(5-8-17(16)22-19(11)25)18(24)10-27-20(26)13-3-6-15(7-4-13)21-12(2)23/h3-9,11H,10H2,1-2H3,(H,21,23)(H,22,25)/t11-/m1/s1. The van der Waals surface area contributed by atoms with Gasteiger partial charge in [0.1, 0.15) is 0 Å². The lowest BCUT2D eigenvalue weighted by molar-refractivity contribution is -0.116. The van der Waals surface area contributed by atoms with Crippen molar-refractivity contribution in [3.63, 3.8) is 0 Å². The lowest BCUT2D eigenvalue weighted by atomic mass is 9.99. The Hall–Kier alpha value is -3.48. The highest BCUT2D eigenvalue weighted by Crippen LogP contribution is 2.32. The summed E-state index contributed by atoms with van der Waals surface area (Å²) in [7, 11) is 0. The number of rotatable bonds is 5. The van der Waals surface area contributed by atoms with E-state index in [0.717, 1.165) is 5.56 Å². The number of ketones is 1. The van der Waals surface area contributed by atoms with E-state index in [1.54, 1.807) is 37.3 Å². The number of amides is 2. The summed E-state index contributed by atoms with van der Waals surface area (Å²) in [4.78, 5) is 47.1. The molecule has 2 N–H and O–H groups in total. The molecule has 138 valence electrons. The molecule has 1 atom stereocenters. The second kappa shape index (κ2) is 7.41. The van der Waals surface area contributed by atoms with Gasteiger partial charge in [0.15, 0.2) is 12.4 Å². The number of anilines is 2. The van der Waals surface area contributed by atoms with Crippen molar-refractivity contribution >= 4 is 34.9 Å². The van der Waals surface area contributed by atoms with Crippen molar-refractivity contribution in [2.24, 2.45) is 0 Å². The molecule has 2 aromatic carbocycles. The van der Waals surface area contributed by atoms with Gasteiger partial charge < -0.3 is 15.4 Å². The maximum Gasteiger partial charge on any atom is 0.338 e. The fourth-order valence-electron chi connectivity index (χ4n) is 2.78. The molecule has 0 spiro atoms. The van der Waals surface area contributed by atoms with E-state index in [0.29, 0.717) is 16.9 Å². The first-order chi connectivity index (χ1) is 12.8. The normalized spacial score (nSPS) is 14.9. The summed E-state index contributed by atoms with van der Waals surface area (Å²) < 4.78 is 5.07. The summed E-state index contributed by atoms with van der Waals surface area (Å²) in [5.41, 5.74) is 2.66. The molecule has 0 unspecified atom stereocenters. The molecule has 3 rings (SSSR count). The summed E-state index contributed by atoms with van der Waals surface area (Å²) in [5.74, 6) is -1.63. The molecule has 0 aromatic heterocycles. The molecule has 0 saturated heterocycles. The quantitative estimate of drug-likeness (QED) is 0.626. The lowest BCUT2D eigenvalue weighted by Crippen LogP contribution is -2.14. The van der Waals surface area contributed by atoms with Crippen LogP contribution in [0.3, 0.4) is 0 Å². The minimum absolute atomic E-state index is 0.108. The minimum Gasteiger partial charge on any atom is -0.454 e. The SMILES string of the molecule is CC(=O)Nc1ccc(C(=O)OCC(=O)c2ccc3c(c2)[C@@H](C)C(=O)N3)cc1. The molecule has 7 nitrogen and oxygen atoms in total. The molecule has 0 radical (unpaired) electrons. The highest BCUT2D eigenvalue weighted by Gasteiger charge is 2.27. The van der Waals surface area contributed by atoms with Crippen LogP contribution in [0.2, 0.25) is 0 Å². The van der Waals surface area contributed by atoms with Crippen molar-refractivity contribution in [2.75, 3.05) is 17.2 Å². The molecule has 27 heavy (non-hydrogen) atoms. The van der Waals surface area contributed by atoms with Crippen LogP contribution in [-0.4, -0.2) is 30.2 Å². The Morgan fingerprint density at radius 1 is 1.07 bits per heavy atom. The third kappa shape index (κ3) is 4.03. The molecule has 0 aliphatic carbocycles. The van der Waals surface area contributed by atoms with E-state index in [1.807, 2.05) is 0 Å². The predicted molar refractivity (Wildman–Crippen MR) is 98.8 cm³/mol. The van der Waals surface area contributed by atoms with Crippen LogP contribution >= 0.6 is 0 Å². The highest BCUT2D eigenvalue weighted by atomic mass is 16.5. The van der Waals surface area contributed by atoms with E-state index >= 15 is 0 Å². The van der Waals surface area contributed by atoms with Crippen LogP contribution in [0.5, 0.6) is 0 Å². The van der Waals surface area contributed by atoms with Crippen molar-refractivity contribution in [1.29, 1.82) is 0 Å². The van der Waals surface area contributed by atoms with E-state index in [1.165, 1.54) is 19.1 Å². The van der Waals surface area contributed by atoms with Crippen molar-refractivity contribution in [2.45, 2.75) is 19.8 Å². The van der Waals surface area contributed by atoms with Gasteiger partial charge in [-0.05, 0) is 55.0 Å². The van der Waals surface area contributed by atoms with Gasteiger partial charge in [0.05, 0.1) is 11.5 Å².